The maximum atomic E-state index is 11.5. The molecular formula is C24H24N6O3. The Morgan fingerprint density at radius 3 is 2.85 bits per heavy atom. The molecule has 168 valence electrons. The van der Waals surface area contributed by atoms with Crippen molar-refractivity contribution in [2.24, 2.45) is 11.7 Å². The Balaban J connectivity index is 1.46. The van der Waals surface area contributed by atoms with Crippen LogP contribution in [0.4, 0.5) is 11.5 Å². The Labute approximate surface area is 191 Å². The van der Waals surface area contributed by atoms with Gasteiger partial charge in [-0.05, 0) is 42.6 Å². The van der Waals surface area contributed by atoms with E-state index < -0.39 is 4.92 Å². The molecule has 1 aromatic heterocycles. The lowest BCUT2D eigenvalue weighted by Gasteiger charge is -2.31. The van der Waals surface area contributed by atoms with Crippen LogP contribution in [0.3, 0.4) is 0 Å². The fourth-order valence-corrected chi connectivity index (χ4v) is 4.23. The number of likely N-dealkylation sites (tertiary alicyclic amines) is 1. The predicted octanol–water partition coefficient (Wildman–Crippen LogP) is 3.32. The van der Waals surface area contributed by atoms with Gasteiger partial charge < -0.3 is 11.1 Å². The summed E-state index contributed by atoms with van der Waals surface area (Å²) in [7, 11) is 0. The number of amides is 1. The molecule has 9 heteroatoms. The normalized spacial score (nSPS) is 16.3. The van der Waals surface area contributed by atoms with Gasteiger partial charge in [-0.25, -0.2) is 4.98 Å². The van der Waals surface area contributed by atoms with Crippen molar-refractivity contribution in [1.29, 1.82) is 5.26 Å². The van der Waals surface area contributed by atoms with Crippen LogP contribution in [-0.4, -0.2) is 33.8 Å². The Hall–Kier alpha value is -4.03. The van der Waals surface area contributed by atoms with Crippen LogP contribution in [0.1, 0.15) is 29.5 Å². The number of hydrogen-bond acceptors (Lipinski definition) is 7. The van der Waals surface area contributed by atoms with Crippen molar-refractivity contribution in [3.63, 3.8) is 0 Å². The van der Waals surface area contributed by atoms with E-state index in [4.69, 9.17) is 5.73 Å². The summed E-state index contributed by atoms with van der Waals surface area (Å²) < 4.78 is 0. The van der Waals surface area contributed by atoms with Crippen LogP contribution in [0, 0.1) is 27.4 Å². The van der Waals surface area contributed by atoms with Gasteiger partial charge in [-0.2, -0.15) is 5.26 Å². The van der Waals surface area contributed by atoms with Crippen LogP contribution >= 0.6 is 0 Å². The number of primary amides is 1. The lowest BCUT2D eigenvalue weighted by atomic mass is 9.97. The molecule has 1 amide bonds. The number of carbonyl (C=O) groups excluding carboxylic acids is 1. The van der Waals surface area contributed by atoms with Crippen molar-refractivity contribution in [1.82, 2.24) is 9.88 Å². The van der Waals surface area contributed by atoms with Crippen LogP contribution in [0.15, 0.2) is 48.5 Å². The molecule has 0 radical (unpaired) electrons. The molecule has 9 nitrogen and oxygen atoms in total. The molecule has 1 saturated heterocycles. The zero-order valence-corrected chi connectivity index (χ0v) is 18.0. The van der Waals surface area contributed by atoms with E-state index in [1.807, 2.05) is 12.1 Å². The fourth-order valence-electron chi connectivity index (χ4n) is 4.23. The van der Waals surface area contributed by atoms with Gasteiger partial charge in [-0.15, -0.1) is 0 Å². The third-order valence-corrected chi connectivity index (χ3v) is 5.90. The van der Waals surface area contributed by atoms with Crippen molar-refractivity contribution in [2.45, 2.75) is 25.9 Å². The minimum absolute atomic E-state index is 0.0748. The zero-order chi connectivity index (χ0) is 23.4. The number of rotatable bonds is 7. The number of nitro groups is 1. The van der Waals surface area contributed by atoms with E-state index >= 15 is 0 Å². The zero-order valence-electron chi connectivity index (χ0n) is 18.0. The Morgan fingerprint density at radius 2 is 2.09 bits per heavy atom. The topological polar surface area (TPSA) is 138 Å². The van der Waals surface area contributed by atoms with E-state index in [0.29, 0.717) is 35.4 Å². The van der Waals surface area contributed by atoms with E-state index in [1.54, 1.807) is 12.1 Å². The van der Waals surface area contributed by atoms with Gasteiger partial charge >= 0.3 is 0 Å². The summed E-state index contributed by atoms with van der Waals surface area (Å²) in [5.41, 5.74) is 8.46. The van der Waals surface area contributed by atoms with E-state index in [2.05, 4.69) is 33.4 Å². The highest BCUT2D eigenvalue weighted by molar-refractivity contribution is 5.88. The second-order valence-electron chi connectivity index (χ2n) is 8.28. The summed E-state index contributed by atoms with van der Waals surface area (Å²) in [5, 5.41) is 24.2. The third-order valence-electron chi connectivity index (χ3n) is 5.90. The van der Waals surface area contributed by atoms with Crippen LogP contribution in [0.25, 0.3) is 10.9 Å². The Kier molecular flexibility index (Phi) is 6.47. The second kappa shape index (κ2) is 9.63. The molecule has 0 aliphatic carbocycles. The molecule has 3 aromatic rings. The van der Waals surface area contributed by atoms with Crippen molar-refractivity contribution in [2.75, 3.05) is 18.4 Å². The summed E-state index contributed by atoms with van der Waals surface area (Å²) in [4.78, 5) is 28.8. The number of pyridine rings is 1. The lowest BCUT2D eigenvalue weighted by Crippen LogP contribution is -2.40. The van der Waals surface area contributed by atoms with Crippen molar-refractivity contribution in [3.8, 4) is 6.07 Å². The summed E-state index contributed by atoms with van der Waals surface area (Å²) in [6, 6.07) is 16.2. The van der Waals surface area contributed by atoms with E-state index in [1.165, 1.54) is 12.1 Å². The largest absolute Gasteiger partial charge is 0.369 e. The highest BCUT2D eigenvalue weighted by Gasteiger charge is 2.23. The SMILES string of the molecule is N#Cc1cc(NCc2cccc(CN3CCCC(C(N)=O)C3)c2)nc2ccc([N+](=O)[O-])cc12. The average molecular weight is 444 g/mol. The first kappa shape index (κ1) is 22.2. The quantitative estimate of drug-likeness (QED) is 0.421. The van der Waals surface area contributed by atoms with Gasteiger partial charge in [-0.3, -0.25) is 19.8 Å². The maximum Gasteiger partial charge on any atom is 0.270 e. The number of nitro benzene ring substituents is 1. The minimum Gasteiger partial charge on any atom is -0.369 e. The van der Waals surface area contributed by atoms with Crippen molar-refractivity contribution >= 4 is 28.3 Å². The molecule has 1 aliphatic heterocycles. The average Bonchev–Trinajstić information content (AvgIpc) is 2.82. The molecule has 33 heavy (non-hydrogen) atoms. The van der Waals surface area contributed by atoms with Gasteiger partial charge in [0.05, 0.1) is 28.0 Å². The minimum atomic E-state index is -0.488. The lowest BCUT2D eigenvalue weighted by molar-refractivity contribution is -0.384. The molecule has 4 rings (SSSR count). The molecule has 1 atom stereocenters. The monoisotopic (exact) mass is 444 g/mol. The third kappa shape index (κ3) is 5.25. The number of benzene rings is 2. The number of nitriles is 1. The number of aromatic nitrogens is 1. The van der Waals surface area contributed by atoms with Crippen LogP contribution in [0.5, 0.6) is 0 Å². The van der Waals surface area contributed by atoms with Gasteiger partial charge in [0, 0.05) is 37.2 Å². The number of fused-ring (bicyclic) bond motifs is 1. The summed E-state index contributed by atoms with van der Waals surface area (Å²) in [6.07, 6.45) is 1.82. The maximum absolute atomic E-state index is 11.5. The van der Waals surface area contributed by atoms with Crippen molar-refractivity contribution in [3.05, 3.63) is 75.3 Å². The van der Waals surface area contributed by atoms with E-state index in [9.17, 15) is 20.2 Å². The number of piperidine rings is 1. The summed E-state index contributed by atoms with van der Waals surface area (Å²) in [5.74, 6) is 0.212. The molecule has 0 saturated carbocycles. The molecule has 1 aliphatic rings. The summed E-state index contributed by atoms with van der Waals surface area (Å²) >= 11 is 0. The molecule has 3 N–H and O–H groups in total. The number of carbonyl (C=O) groups is 1. The second-order valence-corrected chi connectivity index (χ2v) is 8.28. The molecule has 2 aromatic carbocycles. The van der Waals surface area contributed by atoms with E-state index in [-0.39, 0.29) is 17.5 Å². The molecule has 2 heterocycles. The number of hydrogen-bond donors (Lipinski definition) is 2. The van der Waals surface area contributed by atoms with Gasteiger partial charge in [-0.1, -0.05) is 24.3 Å². The van der Waals surface area contributed by atoms with Crippen molar-refractivity contribution < 1.29 is 9.72 Å². The van der Waals surface area contributed by atoms with Gasteiger partial charge in [0.15, 0.2) is 0 Å². The number of non-ortho nitro benzene ring substituents is 1. The number of nitrogens with two attached hydrogens (primary N) is 1. The van der Waals surface area contributed by atoms with Crippen LogP contribution in [-0.2, 0) is 17.9 Å². The highest BCUT2D eigenvalue weighted by atomic mass is 16.6. The molecule has 1 unspecified atom stereocenters. The number of nitrogens with zero attached hydrogens (tertiary/aromatic N) is 4. The van der Waals surface area contributed by atoms with Gasteiger partial charge in [0.2, 0.25) is 5.91 Å². The number of anilines is 1. The fraction of sp³-hybridized carbons (Fsp3) is 0.292. The highest BCUT2D eigenvalue weighted by Crippen LogP contribution is 2.25. The molecule has 0 spiro atoms. The Morgan fingerprint density at radius 1 is 1.27 bits per heavy atom. The smallest absolute Gasteiger partial charge is 0.270 e. The molecule has 0 bridgehead atoms. The number of nitrogens with one attached hydrogen (secondary N) is 1. The van der Waals surface area contributed by atoms with Crippen LogP contribution < -0.4 is 11.1 Å². The van der Waals surface area contributed by atoms with Crippen LogP contribution in [0.2, 0.25) is 0 Å². The van der Waals surface area contributed by atoms with E-state index in [0.717, 1.165) is 37.1 Å². The predicted molar refractivity (Wildman–Crippen MR) is 124 cm³/mol. The molecule has 1 fully saturated rings. The first-order valence-corrected chi connectivity index (χ1v) is 10.8. The standard InChI is InChI=1S/C24H24N6O3/c25-12-19-10-23(28-22-7-6-20(30(32)33)11-21(19)22)27-13-16-3-1-4-17(9-16)14-29-8-2-5-18(15-29)24(26)31/h1,3-4,6-7,9-11,18H,2,5,8,13-15H2,(H2,26,31)(H,27,28). The first-order chi connectivity index (χ1) is 15.9. The Bertz CT molecular complexity index is 1250. The van der Waals surface area contributed by atoms with Gasteiger partial charge in [0.25, 0.3) is 5.69 Å². The summed E-state index contributed by atoms with van der Waals surface area (Å²) in [6.45, 7) is 2.90. The van der Waals surface area contributed by atoms with Gasteiger partial charge in [0.1, 0.15) is 5.82 Å². The first-order valence-electron chi connectivity index (χ1n) is 10.8. The molecular weight excluding hydrogens is 420 g/mol.